The Morgan fingerprint density at radius 3 is 2.90 bits per heavy atom. The van der Waals surface area contributed by atoms with E-state index in [1.54, 1.807) is 9.58 Å². The van der Waals surface area contributed by atoms with E-state index < -0.39 is 18.6 Å². The van der Waals surface area contributed by atoms with Crippen LogP contribution in [0.15, 0.2) is 18.2 Å². The van der Waals surface area contributed by atoms with E-state index in [1.807, 2.05) is 13.8 Å². The molecule has 11 heteroatoms. The highest BCUT2D eigenvalue weighted by Gasteiger charge is 2.31. The third-order valence-corrected chi connectivity index (χ3v) is 5.50. The van der Waals surface area contributed by atoms with Crippen LogP contribution in [0.3, 0.4) is 0 Å². The number of aromatic nitrogens is 2. The van der Waals surface area contributed by atoms with Crippen LogP contribution < -0.4 is 5.32 Å². The summed E-state index contributed by atoms with van der Waals surface area (Å²) < 4.78 is 28.3. The first-order chi connectivity index (χ1) is 14.7. The average Bonchev–Trinajstić information content (AvgIpc) is 3.03. The lowest BCUT2D eigenvalue weighted by molar-refractivity contribution is -0.188. The summed E-state index contributed by atoms with van der Waals surface area (Å²) in [6, 6.07) is 3.50. The van der Waals surface area contributed by atoms with Crippen molar-refractivity contribution in [2.45, 2.75) is 45.5 Å². The molecule has 2 aromatic rings. The fraction of sp³-hybridized carbons (Fsp3) is 0.450. The SMILES string of the molecule is Cc1c2c(nn1CC(CF)ON(C)C=O)C[C@@H](C)N(C(=O)Nc1ccc(F)c(Cl)c1)C2. The van der Waals surface area contributed by atoms with Crippen molar-refractivity contribution in [3.8, 4) is 0 Å². The standard InChI is InChI=1S/C20H24ClF2N5O3/c1-12-6-19-16(13(2)28(25-19)9-15(8-22)31-26(3)11-29)10-27(12)20(30)24-14-4-5-18(23)17(21)7-14/h4-5,7,11-12,15H,6,8-10H2,1-3H3,(H,24,30)/t12-,15?/m1/s1. The Balaban J connectivity index is 1.74. The van der Waals surface area contributed by atoms with Crippen LogP contribution in [0.2, 0.25) is 5.02 Å². The molecular weight excluding hydrogens is 432 g/mol. The molecule has 31 heavy (non-hydrogen) atoms. The summed E-state index contributed by atoms with van der Waals surface area (Å²) in [7, 11) is 1.39. The van der Waals surface area contributed by atoms with E-state index in [1.165, 1.54) is 25.2 Å². The molecule has 1 aromatic carbocycles. The van der Waals surface area contributed by atoms with Gasteiger partial charge in [0.05, 0.1) is 23.8 Å². The molecule has 0 radical (unpaired) electrons. The number of amides is 3. The second-order valence-electron chi connectivity index (χ2n) is 7.47. The average molecular weight is 456 g/mol. The number of alkyl halides is 1. The molecule has 0 spiro atoms. The van der Waals surface area contributed by atoms with Gasteiger partial charge in [0.1, 0.15) is 18.6 Å². The minimum absolute atomic E-state index is 0.0752. The summed E-state index contributed by atoms with van der Waals surface area (Å²) >= 11 is 5.79. The Hall–Kier alpha value is -2.72. The number of hydrogen-bond acceptors (Lipinski definition) is 4. The molecule has 0 fully saturated rings. The van der Waals surface area contributed by atoms with Crippen LogP contribution in [0.5, 0.6) is 0 Å². The lowest BCUT2D eigenvalue weighted by atomic mass is 10.0. The smallest absolute Gasteiger partial charge is 0.317 e. The third-order valence-electron chi connectivity index (χ3n) is 5.21. The van der Waals surface area contributed by atoms with Crippen molar-refractivity contribution in [3.05, 3.63) is 46.0 Å². The van der Waals surface area contributed by atoms with Gasteiger partial charge < -0.3 is 10.2 Å². The van der Waals surface area contributed by atoms with Crippen LogP contribution in [0, 0.1) is 12.7 Å². The van der Waals surface area contributed by atoms with Crippen molar-refractivity contribution in [2.75, 3.05) is 19.0 Å². The Morgan fingerprint density at radius 1 is 1.52 bits per heavy atom. The zero-order valence-electron chi connectivity index (χ0n) is 17.4. The Labute approximate surface area is 183 Å². The van der Waals surface area contributed by atoms with Crippen molar-refractivity contribution in [1.29, 1.82) is 0 Å². The molecule has 1 N–H and O–H groups in total. The van der Waals surface area contributed by atoms with Gasteiger partial charge in [0.25, 0.3) is 0 Å². The number of carbonyl (C=O) groups is 2. The monoisotopic (exact) mass is 455 g/mol. The quantitative estimate of drug-likeness (QED) is 0.513. The lowest BCUT2D eigenvalue weighted by Gasteiger charge is -2.33. The summed E-state index contributed by atoms with van der Waals surface area (Å²) in [5.74, 6) is -0.561. The number of nitrogens with one attached hydrogen (secondary N) is 1. The molecule has 2 heterocycles. The lowest BCUT2D eigenvalue weighted by Crippen LogP contribution is -2.44. The van der Waals surface area contributed by atoms with Crippen molar-refractivity contribution >= 4 is 29.7 Å². The van der Waals surface area contributed by atoms with Gasteiger partial charge in [-0.25, -0.2) is 18.6 Å². The fourth-order valence-electron chi connectivity index (χ4n) is 3.51. The molecule has 168 valence electrons. The van der Waals surface area contributed by atoms with Gasteiger partial charge in [0.2, 0.25) is 6.41 Å². The normalized spacial score (nSPS) is 16.6. The molecule has 0 saturated carbocycles. The van der Waals surface area contributed by atoms with Crippen LogP contribution in [0.25, 0.3) is 0 Å². The Morgan fingerprint density at radius 2 is 2.26 bits per heavy atom. The molecule has 0 aliphatic carbocycles. The van der Waals surface area contributed by atoms with Gasteiger partial charge in [-0.2, -0.15) is 5.10 Å². The minimum Gasteiger partial charge on any atom is -0.317 e. The van der Waals surface area contributed by atoms with Gasteiger partial charge in [-0.15, -0.1) is 0 Å². The van der Waals surface area contributed by atoms with Crippen molar-refractivity contribution in [3.63, 3.8) is 0 Å². The van der Waals surface area contributed by atoms with E-state index >= 15 is 0 Å². The number of anilines is 1. The number of urea groups is 1. The van der Waals surface area contributed by atoms with E-state index in [9.17, 15) is 18.4 Å². The van der Waals surface area contributed by atoms with Crippen LogP contribution >= 0.6 is 11.6 Å². The molecule has 0 bridgehead atoms. The van der Waals surface area contributed by atoms with E-state index in [2.05, 4.69) is 10.4 Å². The number of benzene rings is 1. The summed E-state index contributed by atoms with van der Waals surface area (Å²) in [5.41, 5.74) is 2.90. The molecular formula is C20H24ClF2N5O3. The third kappa shape index (κ3) is 5.13. The number of hydrogen-bond donors (Lipinski definition) is 1. The topological polar surface area (TPSA) is 79.7 Å². The fourth-order valence-corrected chi connectivity index (χ4v) is 3.69. The number of nitrogens with zero attached hydrogens (tertiary/aromatic N) is 4. The largest absolute Gasteiger partial charge is 0.322 e. The first kappa shape index (κ1) is 23.0. The van der Waals surface area contributed by atoms with Gasteiger partial charge in [0, 0.05) is 36.5 Å². The van der Waals surface area contributed by atoms with Gasteiger partial charge in [-0.05, 0) is 32.0 Å². The zero-order chi connectivity index (χ0) is 22.7. The molecule has 2 atom stereocenters. The van der Waals surface area contributed by atoms with Crippen molar-refractivity contribution in [2.24, 2.45) is 0 Å². The van der Waals surface area contributed by atoms with Gasteiger partial charge in [0.15, 0.2) is 0 Å². The van der Waals surface area contributed by atoms with Crippen LogP contribution in [0.4, 0.5) is 19.3 Å². The second kappa shape index (κ2) is 9.61. The van der Waals surface area contributed by atoms with E-state index in [-0.39, 0.29) is 23.6 Å². The molecule has 3 amide bonds. The molecule has 1 unspecified atom stereocenters. The van der Waals surface area contributed by atoms with E-state index in [0.29, 0.717) is 25.1 Å². The molecule has 1 aliphatic heterocycles. The summed E-state index contributed by atoms with van der Waals surface area (Å²) in [6.45, 7) is 3.41. The van der Waals surface area contributed by atoms with Gasteiger partial charge in [-0.1, -0.05) is 11.6 Å². The number of fused-ring (bicyclic) bond motifs is 1. The maximum Gasteiger partial charge on any atom is 0.322 e. The first-order valence-corrected chi connectivity index (χ1v) is 10.1. The first-order valence-electron chi connectivity index (χ1n) is 9.72. The molecule has 8 nitrogen and oxygen atoms in total. The van der Waals surface area contributed by atoms with Crippen LogP contribution in [0.1, 0.15) is 23.9 Å². The Bertz CT molecular complexity index is 971. The van der Waals surface area contributed by atoms with E-state index in [0.717, 1.165) is 22.0 Å². The van der Waals surface area contributed by atoms with Crippen LogP contribution in [-0.2, 0) is 29.1 Å². The highest BCUT2D eigenvalue weighted by Crippen LogP contribution is 2.27. The van der Waals surface area contributed by atoms with Crippen molar-refractivity contribution in [1.82, 2.24) is 19.7 Å². The summed E-state index contributed by atoms with van der Waals surface area (Å²) in [5, 5.41) is 8.14. The summed E-state index contributed by atoms with van der Waals surface area (Å²) in [4.78, 5) is 30.4. The van der Waals surface area contributed by atoms with E-state index in [4.69, 9.17) is 16.4 Å². The maximum absolute atomic E-state index is 13.4. The van der Waals surface area contributed by atoms with Crippen LogP contribution in [-0.4, -0.2) is 58.1 Å². The molecule has 1 aliphatic rings. The van der Waals surface area contributed by atoms with Gasteiger partial charge >= 0.3 is 6.03 Å². The molecule has 0 saturated heterocycles. The maximum atomic E-state index is 13.4. The Kier molecular flexibility index (Phi) is 7.11. The van der Waals surface area contributed by atoms with Gasteiger partial charge in [-0.3, -0.25) is 14.3 Å². The predicted octanol–water partition coefficient (Wildman–Crippen LogP) is 3.32. The van der Waals surface area contributed by atoms with Crippen molar-refractivity contribution < 1.29 is 23.2 Å². The minimum atomic E-state index is -0.865. The number of hydroxylamine groups is 2. The number of carbonyl (C=O) groups excluding carboxylic acids is 2. The predicted molar refractivity (Wildman–Crippen MR) is 111 cm³/mol. The number of rotatable bonds is 7. The second-order valence-corrected chi connectivity index (χ2v) is 7.87. The highest BCUT2D eigenvalue weighted by molar-refractivity contribution is 6.31. The highest BCUT2D eigenvalue weighted by atomic mass is 35.5. The molecule has 1 aromatic heterocycles. The summed E-state index contributed by atoms with van der Waals surface area (Å²) in [6.07, 6.45) is 0.113. The number of halogens is 3. The zero-order valence-corrected chi connectivity index (χ0v) is 18.2. The molecule has 3 rings (SSSR count).